The molecule has 192 valence electrons. The first-order valence-electron chi connectivity index (χ1n) is 12.2. The Bertz CT molecular complexity index is 1290. The molecule has 0 atom stereocenters. The fourth-order valence-electron chi connectivity index (χ4n) is 3.44. The molecule has 39 heavy (non-hydrogen) atoms. The van der Waals surface area contributed by atoms with E-state index < -0.39 is 0 Å². The second-order valence-corrected chi connectivity index (χ2v) is 8.00. The van der Waals surface area contributed by atoms with E-state index in [1.165, 1.54) is 0 Å². The van der Waals surface area contributed by atoms with Gasteiger partial charge in [0.15, 0.2) is 0 Å². The van der Waals surface area contributed by atoms with Gasteiger partial charge >= 0.3 is 20.1 Å². The quantitative estimate of drug-likeness (QED) is 0.187. The van der Waals surface area contributed by atoms with Gasteiger partial charge in [-0.15, -0.1) is 77.9 Å². The Morgan fingerprint density at radius 1 is 0.564 bits per heavy atom. The molecule has 6 rings (SSSR count). The summed E-state index contributed by atoms with van der Waals surface area (Å²) < 4.78 is 0. The van der Waals surface area contributed by atoms with Crippen LogP contribution in [0.1, 0.15) is 5.69 Å². The van der Waals surface area contributed by atoms with Crippen molar-refractivity contribution in [2.75, 3.05) is 7.05 Å². The molecule has 0 amide bonds. The van der Waals surface area contributed by atoms with Gasteiger partial charge in [-0.2, -0.15) is 18.2 Å². The SMILES string of the molecule is CN1C=CC=C[C-]=C1c1ccccn1.[Ir+3].[c-]1ccccc1-c1ccccn1.[c-]1ccccc1-c1ccccn1. The molecule has 1 aliphatic heterocycles. The zero-order chi connectivity index (χ0) is 26.3. The monoisotopic (exact) mass is 684 g/mol. The largest absolute Gasteiger partial charge is 3.00 e. The summed E-state index contributed by atoms with van der Waals surface area (Å²) in [4.78, 5) is 14.7. The molecule has 0 saturated heterocycles. The molecule has 5 heteroatoms. The van der Waals surface area contributed by atoms with Crippen molar-refractivity contribution < 1.29 is 20.1 Å². The molecular formula is C34H27IrN4. The van der Waals surface area contributed by atoms with Crippen molar-refractivity contribution in [2.24, 2.45) is 0 Å². The van der Waals surface area contributed by atoms with Crippen LogP contribution in [0.25, 0.3) is 28.2 Å². The van der Waals surface area contributed by atoms with Gasteiger partial charge in [-0.25, -0.2) is 0 Å². The number of hydrogen-bond acceptors (Lipinski definition) is 4. The Morgan fingerprint density at radius 3 is 1.49 bits per heavy atom. The number of pyridine rings is 3. The Kier molecular flexibility index (Phi) is 12.3. The third-order valence-electron chi connectivity index (χ3n) is 5.30. The van der Waals surface area contributed by atoms with Crippen LogP contribution in [0.4, 0.5) is 0 Å². The molecular weight excluding hydrogens is 657 g/mol. The zero-order valence-corrected chi connectivity index (χ0v) is 23.9. The van der Waals surface area contributed by atoms with Crippen LogP contribution in [-0.2, 0) is 20.1 Å². The van der Waals surface area contributed by atoms with Gasteiger partial charge in [0, 0.05) is 25.6 Å². The average molecular weight is 684 g/mol. The van der Waals surface area contributed by atoms with E-state index >= 15 is 0 Å². The van der Waals surface area contributed by atoms with E-state index in [2.05, 4.69) is 33.2 Å². The van der Waals surface area contributed by atoms with Crippen molar-refractivity contribution in [3.8, 4) is 22.5 Å². The number of hydrogen-bond donors (Lipinski definition) is 0. The van der Waals surface area contributed by atoms with Crippen molar-refractivity contribution >= 4 is 5.70 Å². The van der Waals surface area contributed by atoms with Crippen LogP contribution in [0.5, 0.6) is 0 Å². The van der Waals surface area contributed by atoms with Crippen molar-refractivity contribution in [3.05, 3.63) is 170 Å². The summed E-state index contributed by atoms with van der Waals surface area (Å²) in [6.45, 7) is 0. The van der Waals surface area contributed by atoms with Gasteiger partial charge in [-0.05, 0) is 47.2 Å². The number of rotatable bonds is 3. The van der Waals surface area contributed by atoms with E-state index in [1.54, 1.807) is 18.6 Å². The van der Waals surface area contributed by atoms with E-state index in [-0.39, 0.29) is 20.1 Å². The molecule has 0 fully saturated rings. The van der Waals surface area contributed by atoms with Crippen LogP contribution >= 0.6 is 0 Å². The molecule has 2 aromatic carbocycles. The number of allylic oxidation sites excluding steroid dienone is 4. The van der Waals surface area contributed by atoms with E-state index in [0.29, 0.717) is 0 Å². The maximum absolute atomic E-state index is 4.29. The zero-order valence-electron chi connectivity index (χ0n) is 21.5. The number of nitrogens with zero attached hydrogens (tertiary/aromatic N) is 4. The fraction of sp³-hybridized carbons (Fsp3) is 0.0294. The summed E-state index contributed by atoms with van der Waals surface area (Å²) in [5.41, 5.74) is 5.94. The van der Waals surface area contributed by atoms with Gasteiger partial charge in [0.25, 0.3) is 0 Å². The van der Waals surface area contributed by atoms with E-state index in [1.807, 2.05) is 140 Å². The molecule has 4 heterocycles. The van der Waals surface area contributed by atoms with Crippen LogP contribution in [0.15, 0.2) is 146 Å². The maximum atomic E-state index is 4.29. The summed E-state index contributed by atoms with van der Waals surface area (Å²) >= 11 is 0. The summed E-state index contributed by atoms with van der Waals surface area (Å²) in [6.07, 6.45) is 16.4. The Balaban J connectivity index is 0.000000160. The minimum Gasteiger partial charge on any atom is -0.373 e. The second-order valence-electron chi connectivity index (χ2n) is 8.00. The molecule has 0 N–H and O–H groups in total. The topological polar surface area (TPSA) is 41.9 Å². The molecule has 0 radical (unpaired) electrons. The van der Waals surface area contributed by atoms with Crippen molar-refractivity contribution in [2.45, 2.75) is 0 Å². The van der Waals surface area contributed by atoms with Gasteiger partial charge < -0.3 is 19.9 Å². The fourth-order valence-corrected chi connectivity index (χ4v) is 3.44. The van der Waals surface area contributed by atoms with Crippen LogP contribution in [-0.4, -0.2) is 26.9 Å². The van der Waals surface area contributed by atoms with Gasteiger partial charge in [-0.3, -0.25) is 0 Å². The normalized spacial score (nSPS) is 11.4. The van der Waals surface area contributed by atoms with Crippen LogP contribution in [0.2, 0.25) is 0 Å². The molecule has 0 aliphatic carbocycles. The molecule has 4 nitrogen and oxygen atoms in total. The smallest absolute Gasteiger partial charge is 0.373 e. The third-order valence-corrected chi connectivity index (χ3v) is 5.30. The minimum absolute atomic E-state index is 0. The molecule has 0 unspecified atom stereocenters. The predicted molar refractivity (Wildman–Crippen MR) is 154 cm³/mol. The van der Waals surface area contributed by atoms with Gasteiger partial charge in [0.1, 0.15) is 0 Å². The van der Waals surface area contributed by atoms with Crippen molar-refractivity contribution in [1.29, 1.82) is 0 Å². The van der Waals surface area contributed by atoms with Crippen LogP contribution < -0.4 is 0 Å². The average Bonchev–Trinajstić information content (AvgIpc) is 3.24. The Morgan fingerprint density at radius 2 is 1.05 bits per heavy atom. The predicted octanol–water partition coefficient (Wildman–Crippen LogP) is 7.34. The third kappa shape index (κ3) is 9.42. The molecule has 0 spiro atoms. The Hall–Kier alpha value is -4.44. The van der Waals surface area contributed by atoms with Gasteiger partial charge in [0.2, 0.25) is 0 Å². The van der Waals surface area contributed by atoms with Gasteiger partial charge in [-0.1, -0.05) is 36.4 Å². The van der Waals surface area contributed by atoms with Crippen molar-refractivity contribution in [1.82, 2.24) is 19.9 Å². The second kappa shape index (κ2) is 16.4. The molecule has 3 aromatic heterocycles. The number of benzene rings is 2. The Labute approximate surface area is 244 Å². The first kappa shape index (κ1) is 29.1. The summed E-state index contributed by atoms with van der Waals surface area (Å²) in [7, 11) is 1.99. The first-order chi connectivity index (χ1) is 18.8. The summed E-state index contributed by atoms with van der Waals surface area (Å²) in [6, 6.07) is 39.5. The summed E-state index contributed by atoms with van der Waals surface area (Å²) in [5, 5.41) is 0. The first-order valence-corrected chi connectivity index (χ1v) is 12.2. The maximum Gasteiger partial charge on any atom is 3.00 e. The summed E-state index contributed by atoms with van der Waals surface area (Å²) in [5.74, 6) is 0. The van der Waals surface area contributed by atoms with E-state index in [4.69, 9.17) is 0 Å². The van der Waals surface area contributed by atoms with Crippen LogP contribution in [0, 0.1) is 18.2 Å². The molecule has 0 saturated carbocycles. The van der Waals surface area contributed by atoms with E-state index in [9.17, 15) is 0 Å². The van der Waals surface area contributed by atoms with Crippen LogP contribution in [0.3, 0.4) is 0 Å². The molecule has 5 aromatic rings. The van der Waals surface area contributed by atoms with Crippen molar-refractivity contribution in [3.63, 3.8) is 0 Å². The van der Waals surface area contributed by atoms with Gasteiger partial charge in [0.05, 0.1) is 0 Å². The van der Waals surface area contributed by atoms with E-state index in [0.717, 1.165) is 33.9 Å². The standard InChI is InChI=1S/C12H11N2.2C11H8N.Ir/c1-14-10-6-2-3-8-12(14)11-7-4-5-9-13-11;2*1-2-6-10(7-3-1)11-8-4-5-9-12-11;/h2-7,9-10H,1H3;2*1-6,8-9H;/q3*-1;+3. The minimum atomic E-state index is 0. The molecule has 0 bridgehead atoms. The number of aromatic nitrogens is 3. The molecule has 1 aliphatic rings.